The Balaban J connectivity index is 2.39. The fourth-order valence-electron chi connectivity index (χ4n) is 2.12. The number of rotatable bonds is 4. The molecule has 0 aliphatic heterocycles. The number of halogens is 1. The number of aryl methyl sites for hydroxylation is 1. The molecule has 1 heterocycles. The minimum Gasteiger partial charge on any atom is -0.497 e. The van der Waals surface area contributed by atoms with Gasteiger partial charge in [0.1, 0.15) is 11.6 Å². The molecule has 0 aliphatic rings. The molecule has 1 aromatic carbocycles. The predicted octanol–water partition coefficient (Wildman–Crippen LogP) is 2.85. The van der Waals surface area contributed by atoms with Crippen LogP contribution < -0.4 is 10.1 Å². The zero-order valence-electron chi connectivity index (χ0n) is 11.3. The Hall–Kier alpha value is -1.94. The van der Waals surface area contributed by atoms with Crippen molar-refractivity contribution in [3.8, 4) is 5.75 Å². The van der Waals surface area contributed by atoms with Crippen molar-refractivity contribution in [2.75, 3.05) is 14.2 Å². The van der Waals surface area contributed by atoms with E-state index in [1.54, 1.807) is 13.2 Å². The summed E-state index contributed by atoms with van der Waals surface area (Å²) in [7, 11) is 3.50. The van der Waals surface area contributed by atoms with Crippen LogP contribution in [0.15, 0.2) is 36.5 Å². The highest BCUT2D eigenvalue weighted by Gasteiger charge is 2.15. The van der Waals surface area contributed by atoms with E-state index in [0.29, 0.717) is 0 Å². The summed E-state index contributed by atoms with van der Waals surface area (Å²) in [6, 6.07) is 8.94. The third-order valence-corrected chi connectivity index (χ3v) is 3.12. The van der Waals surface area contributed by atoms with E-state index in [9.17, 15) is 4.39 Å². The number of aromatic nitrogens is 1. The van der Waals surface area contributed by atoms with E-state index in [2.05, 4.69) is 10.3 Å². The van der Waals surface area contributed by atoms with Crippen LogP contribution in [0, 0.1) is 12.7 Å². The number of nitrogens with one attached hydrogen (secondary N) is 1. The average Bonchev–Trinajstić information content (AvgIpc) is 2.43. The highest BCUT2D eigenvalue weighted by molar-refractivity contribution is 5.39. The molecule has 19 heavy (non-hydrogen) atoms. The van der Waals surface area contributed by atoms with Crippen molar-refractivity contribution < 1.29 is 9.13 Å². The van der Waals surface area contributed by atoms with Gasteiger partial charge in [0.25, 0.3) is 0 Å². The van der Waals surface area contributed by atoms with Crippen molar-refractivity contribution in [3.05, 3.63) is 59.2 Å². The zero-order valence-corrected chi connectivity index (χ0v) is 11.3. The van der Waals surface area contributed by atoms with E-state index < -0.39 is 0 Å². The molecule has 0 saturated carbocycles. The Morgan fingerprint density at radius 1 is 1.26 bits per heavy atom. The fourth-order valence-corrected chi connectivity index (χ4v) is 2.12. The Labute approximate surface area is 112 Å². The van der Waals surface area contributed by atoms with Gasteiger partial charge in [-0.1, -0.05) is 6.07 Å². The second-order valence-electron chi connectivity index (χ2n) is 4.35. The second-order valence-corrected chi connectivity index (χ2v) is 4.35. The smallest absolute Gasteiger partial charge is 0.141 e. The molecule has 0 aliphatic carbocycles. The van der Waals surface area contributed by atoms with Gasteiger partial charge in [-0.25, -0.2) is 4.39 Å². The van der Waals surface area contributed by atoms with Crippen LogP contribution in [0.1, 0.15) is 22.9 Å². The summed E-state index contributed by atoms with van der Waals surface area (Å²) in [6.45, 7) is 2.02. The van der Waals surface area contributed by atoms with Gasteiger partial charge in [-0.15, -0.1) is 0 Å². The van der Waals surface area contributed by atoms with Crippen molar-refractivity contribution in [2.45, 2.75) is 13.0 Å². The molecule has 1 N–H and O–H groups in total. The number of ether oxygens (including phenoxy) is 1. The standard InChI is InChI=1S/C15H17FN2O/c1-10-8-12(19-3)5-6-13(10)15(17-2)14-7-4-11(16)9-18-14/h4-9,15,17H,1-3H3. The molecule has 1 aromatic heterocycles. The zero-order chi connectivity index (χ0) is 13.8. The normalized spacial score (nSPS) is 12.2. The molecule has 0 saturated heterocycles. The van der Waals surface area contributed by atoms with Crippen molar-refractivity contribution in [2.24, 2.45) is 0 Å². The van der Waals surface area contributed by atoms with Gasteiger partial charge in [0.2, 0.25) is 0 Å². The van der Waals surface area contributed by atoms with Crippen LogP contribution >= 0.6 is 0 Å². The van der Waals surface area contributed by atoms with Crippen LogP contribution in [0.5, 0.6) is 5.75 Å². The number of methoxy groups -OCH3 is 1. The lowest BCUT2D eigenvalue weighted by atomic mass is 9.98. The summed E-state index contributed by atoms with van der Waals surface area (Å²) in [4.78, 5) is 4.14. The maximum Gasteiger partial charge on any atom is 0.141 e. The van der Waals surface area contributed by atoms with Crippen LogP contribution in [0.4, 0.5) is 4.39 Å². The van der Waals surface area contributed by atoms with Gasteiger partial charge in [0.15, 0.2) is 0 Å². The first-order chi connectivity index (χ1) is 9.15. The number of hydrogen-bond acceptors (Lipinski definition) is 3. The molecular weight excluding hydrogens is 243 g/mol. The van der Waals surface area contributed by atoms with Gasteiger partial charge < -0.3 is 10.1 Å². The van der Waals surface area contributed by atoms with Crippen molar-refractivity contribution in [1.29, 1.82) is 0 Å². The SMILES string of the molecule is CNC(c1ccc(F)cn1)c1ccc(OC)cc1C. The van der Waals surface area contributed by atoms with E-state index in [4.69, 9.17) is 4.74 Å². The topological polar surface area (TPSA) is 34.2 Å². The maximum absolute atomic E-state index is 12.9. The first-order valence-corrected chi connectivity index (χ1v) is 6.09. The van der Waals surface area contributed by atoms with E-state index >= 15 is 0 Å². The Morgan fingerprint density at radius 3 is 2.58 bits per heavy atom. The molecular formula is C15H17FN2O. The molecule has 1 unspecified atom stereocenters. The highest BCUT2D eigenvalue weighted by atomic mass is 19.1. The molecule has 0 fully saturated rings. The van der Waals surface area contributed by atoms with Gasteiger partial charge in [-0.05, 0) is 49.4 Å². The van der Waals surface area contributed by atoms with Crippen LogP contribution in [0.2, 0.25) is 0 Å². The molecule has 2 rings (SSSR count). The van der Waals surface area contributed by atoms with Gasteiger partial charge >= 0.3 is 0 Å². The number of hydrogen-bond donors (Lipinski definition) is 1. The first kappa shape index (κ1) is 13.5. The highest BCUT2D eigenvalue weighted by Crippen LogP contribution is 2.26. The monoisotopic (exact) mass is 260 g/mol. The van der Waals surface area contributed by atoms with Gasteiger partial charge in [-0.2, -0.15) is 0 Å². The summed E-state index contributed by atoms with van der Waals surface area (Å²) in [5, 5.41) is 3.21. The third-order valence-electron chi connectivity index (χ3n) is 3.12. The predicted molar refractivity (Wildman–Crippen MR) is 72.8 cm³/mol. The lowest BCUT2D eigenvalue weighted by Crippen LogP contribution is -2.19. The Kier molecular flexibility index (Phi) is 4.12. The number of benzene rings is 1. The fraction of sp³-hybridized carbons (Fsp3) is 0.267. The molecule has 3 nitrogen and oxygen atoms in total. The molecule has 2 aromatic rings. The van der Waals surface area contributed by atoms with Crippen LogP contribution in [-0.4, -0.2) is 19.1 Å². The minimum atomic E-state index is -0.329. The largest absolute Gasteiger partial charge is 0.497 e. The molecule has 4 heteroatoms. The minimum absolute atomic E-state index is 0.0634. The van der Waals surface area contributed by atoms with Gasteiger partial charge in [-0.3, -0.25) is 4.98 Å². The third kappa shape index (κ3) is 2.90. The molecule has 0 radical (unpaired) electrons. The number of pyridine rings is 1. The maximum atomic E-state index is 12.9. The lowest BCUT2D eigenvalue weighted by Gasteiger charge is -2.19. The van der Waals surface area contributed by atoms with Crippen LogP contribution in [-0.2, 0) is 0 Å². The van der Waals surface area contributed by atoms with E-state index in [0.717, 1.165) is 22.6 Å². The van der Waals surface area contributed by atoms with Gasteiger partial charge in [0.05, 0.1) is 25.0 Å². The summed E-state index contributed by atoms with van der Waals surface area (Å²) < 4.78 is 18.1. The molecule has 0 amide bonds. The van der Waals surface area contributed by atoms with Crippen LogP contribution in [0.3, 0.4) is 0 Å². The number of nitrogens with zero attached hydrogens (tertiary/aromatic N) is 1. The van der Waals surface area contributed by atoms with Crippen LogP contribution in [0.25, 0.3) is 0 Å². The summed E-state index contributed by atoms with van der Waals surface area (Å²) >= 11 is 0. The van der Waals surface area contributed by atoms with Crippen molar-refractivity contribution in [3.63, 3.8) is 0 Å². The summed E-state index contributed by atoms with van der Waals surface area (Å²) in [5.41, 5.74) is 2.99. The molecule has 1 atom stereocenters. The second kappa shape index (κ2) is 5.80. The quantitative estimate of drug-likeness (QED) is 0.918. The van der Waals surface area contributed by atoms with Crippen molar-refractivity contribution in [1.82, 2.24) is 10.3 Å². The molecule has 0 bridgehead atoms. The lowest BCUT2D eigenvalue weighted by molar-refractivity contribution is 0.414. The molecule has 100 valence electrons. The Bertz CT molecular complexity index is 555. The van der Waals surface area contributed by atoms with Crippen molar-refractivity contribution >= 4 is 0 Å². The van der Waals surface area contributed by atoms with E-state index in [1.807, 2.05) is 32.2 Å². The summed E-state index contributed by atoms with van der Waals surface area (Å²) in [6.07, 6.45) is 1.23. The molecule has 0 spiro atoms. The first-order valence-electron chi connectivity index (χ1n) is 6.09. The van der Waals surface area contributed by atoms with Gasteiger partial charge in [0, 0.05) is 0 Å². The Morgan fingerprint density at radius 2 is 2.05 bits per heavy atom. The summed E-state index contributed by atoms with van der Waals surface area (Å²) in [5.74, 6) is 0.494. The van der Waals surface area contributed by atoms with E-state index in [1.165, 1.54) is 12.3 Å². The van der Waals surface area contributed by atoms with E-state index in [-0.39, 0.29) is 11.9 Å². The average molecular weight is 260 g/mol.